The second-order valence-corrected chi connectivity index (χ2v) is 7.09. The maximum atomic E-state index is 12.5. The number of fused-ring (bicyclic) bond motifs is 3. The van der Waals surface area contributed by atoms with E-state index >= 15 is 0 Å². The van der Waals surface area contributed by atoms with Gasteiger partial charge in [-0.05, 0) is 62.8 Å². The van der Waals surface area contributed by atoms with Crippen molar-refractivity contribution in [2.24, 2.45) is 5.92 Å². The van der Waals surface area contributed by atoms with Gasteiger partial charge in [0.25, 0.3) is 5.91 Å². The number of imide groups is 1. The van der Waals surface area contributed by atoms with Crippen molar-refractivity contribution in [3.8, 4) is 0 Å². The van der Waals surface area contributed by atoms with Crippen molar-refractivity contribution in [1.29, 1.82) is 0 Å². The molecule has 1 aliphatic rings. The summed E-state index contributed by atoms with van der Waals surface area (Å²) in [5.74, 6) is -0.637. The summed E-state index contributed by atoms with van der Waals surface area (Å²) in [6.07, 6.45) is 2.09. The van der Waals surface area contributed by atoms with E-state index in [1.54, 1.807) is 13.0 Å². The number of carbonyl (C=O) groups excluding carboxylic acids is 3. The molecule has 1 aromatic heterocycles. The summed E-state index contributed by atoms with van der Waals surface area (Å²) in [5.41, 5.74) is 3.90. The highest BCUT2D eigenvalue weighted by Crippen LogP contribution is 2.32. The van der Waals surface area contributed by atoms with Gasteiger partial charge in [0.1, 0.15) is 0 Å². The normalized spacial score (nSPS) is 17.1. The molecule has 2 aromatic rings. The van der Waals surface area contributed by atoms with Crippen LogP contribution in [0.25, 0.3) is 10.9 Å². The van der Waals surface area contributed by atoms with Crippen LogP contribution >= 0.6 is 0 Å². The number of hydrogen-bond acceptors (Lipinski definition) is 4. The van der Waals surface area contributed by atoms with Crippen LogP contribution in [0, 0.1) is 5.92 Å². The van der Waals surface area contributed by atoms with Gasteiger partial charge in [0.2, 0.25) is 0 Å². The molecule has 27 heavy (non-hydrogen) atoms. The Labute approximate surface area is 157 Å². The molecule has 144 valence electrons. The second-order valence-electron chi connectivity index (χ2n) is 7.09. The number of urea groups is 1. The van der Waals surface area contributed by atoms with Gasteiger partial charge in [-0.15, -0.1) is 0 Å². The third-order valence-electron chi connectivity index (χ3n) is 4.90. The van der Waals surface area contributed by atoms with E-state index in [4.69, 9.17) is 4.74 Å². The van der Waals surface area contributed by atoms with E-state index in [1.807, 2.05) is 12.1 Å². The zero-order valence-electron chi connectivity index (χ0n) is 15.8. The Morgan fingerprint density at radius 1 is 1.33 bits per heavy atom. The number of benzene rings is 1. The highest BCUT2D eigenvalue weighted by Gasteiger charge is 2.23. The number of aromatic nitrogens is 1. The van der Waals surface area contributed by atoms with Gasteiger partial charge in [-0.1, -0.05) is 6.92 Å². The largest absolute Gasteiger partial charge is 0.449 e. The number of aromatic amines is 1. The summed E-state index contributed by atoms with van der Waals surface area (Å²) in [7, 11) is 0. The van der Waals surface area contributed by atoms with Crippen LogP contribution in [0.2, 0.25) is 0 Å². The molecule has 1 heterocycles. The fourth-order valence-electron chi connectivity index (χ4n) is 3.42. The van der Waals surface area contributed by atoms with E-state index in [0.717, 1.165) is 30.2 Å². The van der Waals surface area contributed by atoms with Crippen molar-refractivity contribution >= 4 is 28.8 Å². The summed E-state index contributed by atoms with van der Waals surface area (Å²) < 4.78 is 5.23. The third kappa shape index (κ3) is 4.13. The van der Waals surface area contributed by atoms with Gasteiger partial charge < -0.3 is 15.0 Å². The molecule has 7 nitrogen and oxygen atoms in total. The lowest BCUT2D eigenvalue weighted by Crippen LogP contribution is -2.44. The number of carbonyl (C=O) groups is 3. The first kappa shape index (κ1) is 18.9. The van der Waals surface area contributed by atoms with Gasteiger partial charge in [-0.25, -0.2) is 9.59 Å². The first-order valence-electron chi connectivity index (χ1n) is 9.32. The maximum absolute atomic E-state index is 12.5. The van der Waals surface area contributed by atoms with Crippen LogP contribution in [0.5, 0.6) is 0 Å². The summed E-state index contributed by atoms with van der Waals surface area (Å²) in [5, 5.41) is 5.62. The fraction of sp³-hybridized carbons (Fsp3) is 0.450. The zero-order valence-corrected chi connectivity index (χ0v) is 15.8. The van der Waals surface area contributed by atoms with Gasteiger partial charge in [0.05, 0.1) is 5.56 Å². The molecule has 2 atom stereocenters. The number of ether oxygens (including phenoxy) is 1. The topological polar surface area (TPSA) is 100 Å². The fourth-order valence-corrected chi connectivity index (χ4v) is 3.42. The highest BCUT2D eigenvalue weighted by molar-refractivity contribution is 6.00. The van der Waals surface area contributed by atoms with Crippen molar-refractivity contribution in [3.63, 3.8) is 0 Å². The van der Waals surface area contributed by atoms with Crippen LogP contribution in [0.4, 0.5) is 4.79 Å². The van der Waals surface area contributed by atoms with Crippen molar-refractivity contribution in [3.05, 3.63) is 35.0 Å². The zero-order chi connectivity index (χ0) is 19.6. The van der Waals surface area contributed by atoms with Crippen molar-refractivity contribution in [1.82, 2.24) is 15.6 Å². The molecule has 2 unspecified atom stereocenters. The van der Waals surface area contributed by atoms with Gasteiger partial charge in [0.15, 0.2) is 6.10 Å². The summed E-state index contributed by atoms with van der Waals surface area (Å²) in [4.78, 5) is 39.2. The van der Waals surface area contributed by atoms with Gasteiger partial charge in [0, 0.05) is 23.1 Å². The molecule has 0 aliphatic heterocycles. The van der Waals surface area contributed by atoms with Crippen LogP contribution in [0.3, 0.4) is 0 Å². The molecule has 3 N–H and O–H groups in total. The minimum absolute atomic E-state index is 0.389. The Bertz CT molecular complexity index is 887. The van der Waals surface area contributed by atoms with E-state index < -0.39 is 24.0 Å². The number of H-pyrrole nitrogens is 1. The van der Waals surface area contributed by atoms with Crippen LogP contribution in [0.15, 0.2) is 18.2 Å². The van der Waals surface area contributed by atoms with Crippen molar-refractivity contribution in [2.75, 3.05) is 6.54 Å². The highest BCUT2D eigenvalue weighted by atomic mass is 16.5. The molecule has 0 fully saturated rings. The van der Waals surface area contributed by atoms with Crippen LogP contribution in [0.1, 0.15) is 48.8 Å². The lowest BCUT2D eigenvalue weighted by molar-refractivity contribution is -0.127. The van der Waals surface area contributed by atoms with E-state index in [1.165, 1.54) is 18.2 Å². The third-order valence-corrected chi connectivity index (χ3v) is 4.90. The Hall–Kier alpha value is -2.83. The minimum Gasteiger partial charge on any atom is -0.449 e. The molecular formula is C20H25N3O4. The number of amides is 3. The van der Waals surface area contributed by atoms with E-state index in [2.05, 4.69) is 22.5 Å². The summed E-state index contributed by atoms with van der Waals surface area (Å²) >= 11 is 0. The molecule has 1 aliphatic carbocycles. The van der Waals surface area contributed by atoms with Crippen molar-refractivity contribution < 1.29 is 19.1 Å². The predicted octanol–water partition coefficient (Wildman–Crippen LogP) is 2.68. The molecule has 7 heteroatoms. The lowest BCUT2D eigenvalue weighted by atomic mass is 9.87. The maximum Gasteiger partial charge on any atom is 0.338 e. The number of esters is 1. The molecule has 3 amide bonds. The lowest BCUT2D eigenvalue weighted by Gasteiger charge is -2.18. The first-order valence-corrected chi connectivity index (χ1v) is 9.32. The molecule has 3 rings (SSSR count). The smallest absolute Gasteiger partial charge is 0.338 e. The SMILES string of the molecule is CCNC(=O)NC(=O)C(C)OC(=O)c1ccc2[nH]c3c(c2c1)CC(C)CC3. The Kier molecular flexibility index (Phi) is 5.48. The number of rotatable bonds is 4. The monoisotopic (exact) mass is 371 g/mol. The number of nitrogens with one attached hydrogen (secondary N) is 3. The molecular weight excluding hydrogens is 346 g/mol. The number of aryl methyl sites for hydroxylation is 1. The van der Waals surface area contributed by atoms with Gasteiger partial charge in [-0.3, -0.25) is 10.1 Å². The average Bonchev–Trinajstić information content (AvgIpc) is 2.98. The Balaban J connectivity index is 1.73. The first-order chi connectivity index (χ1) is 12.9. The molecule has 1 aromatic carbocycles. The quantitative estimate of drug-likeness (QED) is 0.719. The van der Waals surface area contributed by atoms with Gasteiger partial charge >= 0.3 is 12.0 Å². The summed E-state index contributed by atoms with van der Waals surface area (Å²) in [6, 6.07) is 4.76. The Morgan fingerprint density at radius 3 is 2.85 bits per heavy atom. The summed E-state index contributed by atoms with van der Waals surface area (Å²) in [6.45, 7) is 5.80. The van der Waals surface area contributed by atoms with E-state index in [9.17, 15) is 14.4 Å². The Morgan fingerprint density at radius 2 is 2.11 bits per heavy atom. The predicted molar refractivity (Wildman–Crippen MR) is 102 cm³/mol. The number of hydrogen-bond donors (Lipinski definition) is 3. The average molecular weight is 371 g/mol. The van der Waals surface area contributed by atoms with Crippen LogP contribution < -0.4 is 10.6 Å². The van der Waals surface area contributed by atoms with Gasteiger partial charge in [-0.2, -0.15) is 0 Å². The molecule has 0 radical (unpaired) electrons. The molecule has 0 bridgehead atoms. The standard InChI is InChI=1S/C20H25N3O4/c1-4-21-20(26)23-18(24)12(3)27-19(25)13-6-8-17-15(10-13)14-9-11(2)5-7-16(14)22-17/h6,8,10-12,22H,4-5,7,9H2,1-3H3,(H2,21,23,24,26). The molecule has 0 saturated carbocycles. The van der Waals surface area contributed by atoms with E-state index in [-0.39, 0.29) is 0 Å². The minimum atomic E-state index is -1.07. The molecule has 0 spiro atoms. The van der Waals surface area contributed by atoms with Crippen LogP contribution in [-0.2, 0) is 22.4 Å². The van der Waals surface area contributed by atoms with Crippen molar-refractivity contribution in [2.45, 2.75) is 46.1 Å². The second kappa shape index (κ2) is 7.82. The van der Waals surface area contributed by atoms with E-state index in [0.29, 0.717) is 18.0 Å². The van der Waals surface area contributed by atoms with Crippen LogP contribution in [-0.4, -0.2) is 35.5 Å². The molecule has 0 saturated heterocycles.